The molecule has 26 heavy (non-hydrogen) atoms. The van der Waals surface area contributed by atoms with Crippen molar-refractivity contribution in [2.45, 2.75) is 45.2 Å². The van der Waals surface area contributed by atoms with Crippen LogP contribution < -0.4 is 5.69 Å². The van der Waals surface area contributed by atoms with Crippen LogP contribution >= 0.6 is 0 Å². The van der Waals surface area contributed by atoms with Crippen molar-refractivity contribution in [2.75, 3.05) is 13.1 Å². The Morgan fingerprint density at radius 2 is 1.96 bits per heavy atom. The predicted octanol–water partition coefficient (Wildman–Crippen LogP) is 3.08. The maximum Gasteiger partial charge on any atom is 0.326 e. The highest BCUT2D eigenvalue weighted by atomic mass is 16.1. The second-order valence-electron chi connectivity index (χ2n) is 7.39. The molecule has 3 aromatic rings. The van der Waals surface area contributed by atoms with E-state index in [0.717, 1.165) is 55.0 Å². The van der Waals surface area contributed by atoms with E-state index in [0.29, 0.717) is 5.92 Å². The van der Waals surface area contributed by atoms with Crippen molar-refractivity contribution in [1.82, 2.24) is 24.4 Å². The third-order valence-electron chi connectivity index (χ3n) is 5.18. The lowest BCUT2D eigenvalue weighted by molar-refractivity contribution is 0.178. The second kappa shape index (κ2) is 7.03. The number of hydrogen-bond donors (Lipinski definition) is 1. The van der Waals surface area contributed by atoms with Gasteiger partial charge in [-0.15, -0.1) is 0 Å². The second-order valence-corrected chi connectivity index (χ2v) is 7.39. The number of aromatic amines is 1. The van der Waals surface area contributed by atoms with Gasteiger partial charge in [-0.2, -0.15) is 0 Å². The Morgan fingerprint density at radius 1 is 1.19 bits per heavy atom. The summed E-state index contributed by atoms with van der Waals surface area (Å²) in [6.07, 6.45) is 3.81. The van der Waals surface area contributed by atoms with Gasteiger partial charge in [0.25, 0.3) is 0 Å². The average molecular weight is 351 g/mol. The van der Waals surface area contributed by atoms with Gasteiger partial charge in [0.05, 0.1) is 16.7 Å². The van der Waals surface area contributed by atoms with Crippen LogP contribution in [0.2, 0.25) is 0 Å². The van der Waals surface area contributed by atoms with Gasteiger partial charge in [0.15, 0.2) is 0 Å². The van der Waals surface area contributed by atoms with E-state index in [2.05, 4.69) is 33.7 Å². The minimum atomic E-state index is 0.00188. The van der Waals surface area contributed by atoms with Gasteiger partial charge in [0, 0.05) is 37.8 Å². The molecule has 0 bridgehead atoms. The first-order valence-electron chi connectivity index (χ1n) is 9.35. The molecule has 3 heterocycles. The molecule has 1 aromatic carbocycles. The summed E-state index contributed by atoms with van der Waals surface area (Å²) in [6.45, 7) is 7.01. The predicted molar refractivity (Wildman–Crippen MR) is 102 cm³/mol. The van der Waals surface area contributed by atoms with Gasteiger partial charge in [-0.3, -0.25) is 9.47 Å². The highest BCUT2D eigenvalue weighted by molar-refractivity contribution is 5.75. The number of piperidine rings is 1. The van der Waals surface area contributed by atoms with Crippen molar-refractivity contribution in [3.63, 3.8) is 0 Å². The lowest BCUT2D eigenvalue weighted by atomic mass is 10.0. The average Bonchev–Trinajstić information content (AvgIpc) is 2.98. The Labute approximate surface area is 152 Å². The summed E-state index contributed by atoms with van der Waals surface area (Å²) >= 11 is 0. The SMILES string of the molecule is CC(C)c1nccc(CN2CCC(n3c(=O)[nH]c4ccccc43)CC2)n1. The Bertz CT molecular complexity index is 950. The van der Waals surface area contributed by atoms with Crippen LogP contribution in [0.15, 0.2) is 41.3 Å². The molecule has 0 radical (unpaired) electrons. The highest BCUT2D eigenvalue weighted by Crippen LogP contribution is 2.25. The smallest absolute Gasteiger partial charge is 0.306 e. The van der Waals surface area contributed by atoms with E-state index in [1.807, 2.05) is 41.1 Å². The molecule has 1 saturated heterocycles. The molecule has 6 heteroatoms. The minimum Gasteiger partial charge on any atom is -0.306 e. The summed E-state index contributed by atoms with van der Waals surface area (Å²) in [5.74, 6) is 1.25. The zero-order valence-electron chi connectivity index (χ0n) is 15.4. The van der Waals surface area contributed by atoms with Crippen LogP contribution in [0.4, 0.5) is 0 Å². The van der Waals surface area contributed by atoms with Gasteiger partial charge in [-0.25, -0.2) is 14.8 Å². The van der Waals surface area contributed by atoms with Crippen LogP contribution in [0.5, 0.6) is 0 Å². The topological polar surface area (TPSA) is 66.8 Å². The molecule has 0 atom stereocenters. The largest absolute Gasteiger partial charge is 0.326 e. The molecule has 0 amide bonds. The van der Waals surface area contributed by atoms with Crippen LogP contribution in [-0.2, 0) is 6.54 Å². The van der Waals surface area contributed by atoms with E-state index in [1.54, 1.807) is 0 Å². The molecule has 2 aromatic heterocycles. The number of imidazole rings is 1. The summed E-state index contributed by atoms with van der Waals surface area (Å²) in [7, 11) is 0. The number of hydrogen-bond acceptors (Lipinski definition) is 4. The Morgan fingerprint density at radius 3 is 2.73 bits per heavy atom. The third-order valence-corrected chi connectivity index (χ3v) is 5.18. The molecular weight excluding hydrogens is 326 g/mol. The lowest BCUT2D eigenvalue weighted by Crippen LogP contribution is -2.36. The van der Waals surface area contributed by atoms with E-state index in [1.165, 1.54) is 0 Å². The molecule has 0 unspecified atom stereocenters. The van der Waals surface area contributed by atoms with Gasteiger partial charge in [-0.1, -0.05) is 26.0 Å². The standard InChI is InChI=1S/C20H25N5O/c1-14(2)19-21-10-7-15(22-19)13-24-11-8-16(9-12-24)25-18-6-4-3-5-17(18)23-20(25)26/h3-7,10,14,16H,8-9,11-13H2,1-2H3,(H,23,26). The van der Waals surface area contributed by atoms with Crippen LogP contribution in [0.1, 0.15) is 50.2 Å². The van der Waals surface area contributed by atoms with E-state index in [-0.39, 0.29) is 11.7 Å². The molecule has 1 N–H and O–H groups in total. The first kappa shape index (κ1) is 17.0. The minimum absolute atomic E-state index is 0.00188. The third kappa shape index (κ3) is 3.29. The zero-order valence-corrected chi connectivity index (χ0v) is 15.4. The van der Waals surface area contributed by atoms with Crippen LogP contribution in [0, 0.1) is 0 Å². The quantitative estimate of drug-likeness (QED) is 0.784. The summed E-state index contributed by atoms with van der Waals surface area (Å²) in [5, 5.41) is 0. The molecule has 1 aliphatic heterocycles. The number of nitrogens with zero attached hydrogens (tertiary/aromatic N) is 4. The molecule has 1 aliphatic rings. The molecule has 0 aliphatic carbocycles. The van der Waals surface area contributed by atoms with E-state index < -0.39 is 0 Å². The number of likely N-dealkylation sites (tertiary alicyclic amines) is 1. The van der Waals surface area contributed by atoms with Crippen LogP contribution in [0.25, 0.3) is 11.0 Å². The Hall–Kier alpha value is -2.47. The summed E-state index contributed by atoms with van der Waals surface area (Å²) < 4.78 is 1.94. The number of H-pyrrole nitrogens is 1. The summed E-state index contributed by atoms with van der Waals surface area (Å²) in [5.41, 5.74) is 3.00. The number of aromatic nitrogens is 4. The van der Waals surface area contributed by atoms with Crippen molar-refractivity contribution in [1.29, 1.82) is 0 Å². The summed E-state index contributed by atoms with van der Waals surface area (Å²) in [6, 6.07) is 10.2. The number of para-hydroxylation sites is 2. The van der Waals surface area contributed by atoms with Crippen LogP contribution in [0.3, 0.4) is 0 Å². The summed E-state index contributed by atoms with van der Waals surface area (Å²) in [4.78, 5) is 26.8. The highest BCUT2D eigenvalue weighted by Gasteiger charge is 2.23. The molecule has 4 rings (SSSR count). The normalized spacial score (nSPS) is 16.6. The molecule has 1 fully saturated rings. The number of rotatable bonds is 4. The van der Waals surface area contributed by atoms with Gasteiger partial charge in [-0.05, 0) is 31.0 Å². The van der Waals surface area contributed by atoms with Crippen molar-refractivity contribution in [2.24, 2.45) is 0 Å². The van der Waals surface area contributed by atoms with Crippen molar-refractivity contribution < 1.29 is 0 Å². The first-order chi connectivity index (χ1) is 12.6. The molecule has 0 saturated carbocycles. The number of nitrogens with one attached hydrogen (secondary N) is 1. The fourth-order valence-corrected chi connectivity index (χ4v) is 3.78. The molecule has 136 valence electrons. The molecule has 0 spiro atoms. The van der Waals surface area contributed by atoms with Gasteiger partial charge >= 0.3 is 5.69 Å². The Balaban J connectivity index is 1.45. The van der Waals surface area contributed by atoms with Gasteiger partial charge in [0.1, 0.15) is 5.82 Å². The molecular formula is C20H25N5O. The zero-order chi connectivity index (χ0) is 18.1. The van der Waals surface area contributed by atoms with Crippen molar-refractivity contribution in [3.05, 3.63) is 58.5 Å². The maximum atomic E-state index is 12.4. The fraction of sp³-hybridized carbons (Fsp3) is 0.450. The van der Waals surface area contributed by atoms with Crippen molar-refractivity contribution in [3.8, 4) is 0 Å². The van der Waals surface area contributed by atoms with Gasteiger partial charge in [0.2, 0.25) is 0 Å². The van der Waals surface area contributed by atoms with E-state index >= 15 is 0 Å². The number of benzene rings is 1. The van der Waals surface area contributed by atoms with Crippen LogP contribution in [-0.4, -0.2) is 37.5 Å². The first-order valence-corrected chi connectivity index (χ1v) is 9.35. The maximum absolute atomic E-state index is 12.4. The lowest BCUT2D eigenvalue weighted by Gasteiger charge is -2.32. The van der Waals surface area contributed by atoms with Gasteiger partial charge < -0.3 is 4.98 Å². The van der Waals surface area contributed by atoms with E-state index in [4.69, 9.17) is 0 Å². The van der Waals surface area contributed by atoms with E-state index in [9.17, 15) is 4.79 Å². The number of fused-ring (bicyclic) bond motifs is 1. The van der Waals surface area contributed by atoms with Crippen molar-refractivity contribution >= 4 is 11.0 Å². The molecule has 6 nitrogen and oxygen atoms in total. The fourth-order valence-electron chi connectivity index (χ4n) is 3.78. The monoisotopic (exact) mass is 351 g/mol. The Kier molecular flexibility index (Phi) is 4.59.